The van der Waals surface area contributed by atoms with Crippen LogP contribution in [-0.2, 0) is 20.7 Å². The molecule has 1 heterocycles. The molecule has 0 saturated heterocycles. The van der Waals surface area contributed by atoms with Crippen LogP contribution in [0.5, 0.6) is 0 Å². The highest BCUT2D eigenvalue weighted by Gasteiger charge is 2.46. The van der Waals surface area contributed by atoms with Gasteiger partial charge in [0, 0.05) is 0 Å². The SMILES string of the molecule is COC(=O)N[S+]1[C@H](C)C=C[C@H](C)N1C(=O)OC. The average molecular weight is 261 g/mol. The Morgan fingerprint density at radius 2 is 1.88 bits per heavy atom. The highest BCUT2D eigenvalue weighted by Crippen LogP contribution is 2.21. The molecule has 0 aliphatic carbocycles. The summed E-state index contributed by atoms with van der Waals surface area (Å²) >= 11 is -0.770. The van der Waals surface area contributed by atoms with Crippen molar-refractivity contribution in [3.05, 3.63) is 12.2 Å². The monoisotopic (exact) mass is 261 g/mol. The molecule has 0 aromatic rings. The summed E-state index contributed by atoms with van der Waals surface area (Å²) in [6, 6.07) is -0.126. The summed E-state index contributed by atoms with van der Waals surface area (Å²) in [7, 11) is 2.60. The van der Waals surface area contributed by atoms with E-state index in [4.69, 9.17) is 4.74 Å². The number of methoxy groups -OCH3 is 2. The molecule has 2 amide bonds. The van der Waals surface area contributed by atoms with Crippen molar-refractivity contribution in [3.8, 4) is 0 Å². The predicted octanol–water partition coefficient (Wildman–Crippen LogP) is 1.21. The molecule has 1 rings (SSSR count). The number of hydrogen-bond acceptors (Lipinski definition) is 4. The van der Waals surface area contributed by atoms with Crippen molar-refractivity contribution in [2.75, 3.05) is 14.2 Å². The third-order valence-electron chi connectivity index (χ3n) is 2.32. The molecule has 0 fully saturated rings. The minimum atomic E-state index is -0.770. The molecule has 0 spiro atoms. The van der Waals surface area contributed by atoms with Gasteiger partial charge in [-0.05, 0) is 19.9 Å². The van der Waals surface area contributed by atoms with E-state index in [2.05, 4.69) is 9.46 Å². The number of nitrogens with zero attached hydrogens (tertiary/aromatic N) is 1. The van der Waals surface area contributed by atoms with Crippen molar-refractivity contribution in [3.63, 3.8) is 0 Å². The minimum absolute atomic E-state index is 0.0180. The van der Waals surface area contributed by atoms with Crippen molar-refractivity contribution in [1.29, 1.82) is 0 Å². The van der Waals surface area contributed by atoms with Gasteiger partial charge in [0.15, 0.2) is 5.25 Å². The Morgan fingerprint density at radius 3 is 2.41 bits per heavy atom. The molecule has 7 heteroatoms. The molecule has 0 radical (unpaired) electrons. The maximum absolute atomic E-state index is 11.7. The van der Waals surface area contributed by atoms with Gasteiger partial charge in [-0.2, -0.15) is 0 Å². The first kappa shape index (κ1) is 13.7. The van der Waals surface area contributed by atoms with Crippen molar-refractivity contribution < 1.29 is 19.1 Å². The Kier molecular flexibility index (Phi) is 4.68. The molecule has 0 aromatic heterocycles. The van der Waals surface area contributed by atoms with Gasteiger partial charge in [-0.1, -0.05) is 10.4 Å². The van der Waals surface area contributed by atoms with E-state index in [1.807, 2.05) is 26.0 Å². The van der Waals surface area contributed by atoms with Crippen LogP contribution in [0.3, 0.4) is 0 Å². The molecule has 3 atom stereocenters. The molecular weight excluding hydrogens is 244 g/mol. The molecule has 0 bridgehead atoms. The van der Waals surface area contributed by atoms with Gasteiger partial charge in [-0.3, -0.25) is 0 Å². The number of carbonyl (C=O) groups is 2. The Bertz CT molecular complexity index is 334. The Balaban J connectivity index is 2.90. The van der Waals surface area contributed by atoms with Crippen LogP contribution in [0.4, 0.5) is 9.59 Å². The lowest BCUT2D eigenvalue weighted by molar-refractivity contribution is 0.145. The third kappa shape index (κ3) is 3.06. The topological polar surface area (TPSA) is 67.9 Å². The van der Waals surface area contributed by atoms with Gasteiger partial charge in [0.1, 0.15) is 6.04 Å². The van der Waals surface area contributed by atoms with Crippen LogP contribution in [0.25, 0.3) is 0 Å². The van der Waals surface area contributed by atoms with E-state index < -0.39 is 23.5 Å². The van der Waals surface area contributed by atoms with Gasteiger partial charge in [-0.15, -0.1) is 4.72 Å². The van der Waals surface area contributed by atoms with Gasteiger partial charge in [-0.25, -0.2) is 9.59 Å². The number of ether oxygens (including phenoxy) is 2. The zero-order valence-electron chi connectivity index (χ0n) is 10.3. The Morgan fingerprint density at radius 1 is 1.24 bits per heavy atom. The van der Waals surface area contributed by atoms with Crippen LogP contribution in [0.15, 0.2) is 12.2 Å². The number of rotatable bonds is 1. The zero-order valence-corrected chi connectivity index (χ0v) is 11.1. The molecule has 96 valence electrons. The molecule has 1 unspecified atom stereocenters. The van der Waals surface area contributed by atoms with Gasteiger partial charge >= 0.3 is 12.2 Å². The highest BCUT2D eigenvalue weighted by atomic mass is 32.2. The Labute approximate surface area is 104 Å². The van der Waals surface area contributed by atoms with E-state index in [0.29, 0.717) is 0 Å². The van der Waals surface area contributed by atoms with Gasteiger partial charge in [0.25, 0.3) is 0 Å². The normalized spacial score (nSPS) is 27.5. The van der Waals surface area contributed by atoms with Gasteiger partial charge in [0.2, 0.25) is 11.3 Å². The molecule has 6 nitrogen and oxygen atoms in total. The largest absolute Gasteiger partial charge is 0.453 e. The van der Waals surface area contributed by atoms with Crippen LogP contribution < -0.4 is 4.72 Å². The highest BCUT2D eigenvalue weighted by molar-refractivity contribution is 7.94. The molecule has 1 N–H and O–H groups in total. The maximum Gasteiger partial charge on any atom is 0.453 e. The lowest BCUT2D eigenvalue weighted by Crippen LogP contribution is -2.55. The zero-order chi connectivity index (χ0) is 13.0. The number of carbonyl (C=O) groups excluding carboxylic acids is 2. The number of amides is 2. The van der Waals surface area contributed by atoms with Crippen LogP contribution >= 0.6 is 0 Å². The van der Waals surface area contributed by atoms with E-state index in [1.54, 1.807) is 0 Å². The van der Waals surface area contributed by atoms with Gasteiger partial charge in [0.05, 0.1) is 14.2 Å². The van der Waals surface area contributed by atoms with E-state index in [9.17, 15) is 9.59 Å². The predicted molar refractivity (Wildman–Crippen MR) is 65.2 cm³/mol. The maximum atomic E-state index is 11.7. The molecule has 0 saturated carbocycles. The van der Waals surface area contributed by atoms with Crippen LogP contribution in [0.1, 0.15) is 13.8 Å². The summed E-state index contributed by atoms with van der Waals surface area (Å²) in [4.78, 5) is 22.9. The molecule has 1 aliphatic heterocycles. The summed E-state index contributed by atoms with van der Waals surface area (Å²) < 4.78 is 13.4. The van der Waals surface area contributed by atoms with Crippen LogP contribution in [0, 0.1) is 0 Å². The van der Waals surface area contributed by atoms with E-state index in [0.717, 1.165) is 0 Å². The molecule has 17 heavy (non-hydrogen) atoms. The second-order valence-electron chi connectivity index (χ2n) is 3.53. The van der Waals surface area contributed by atoms with Crippen molar-refractivity contribution >= 4 is 23.5 Å². The van der Waals surface area contributed by atoms with Crippen molar-refractivity contribution in [2.24, 2.45) is 0 Å². The lowest BCUT2D eigenvalue weighted by atomic mass is 10.3. The molecule has 1 aliphatic rings. The molecule has 0 aromatic carbocycles. The first-order valence-corrected chi connectivity index (χ1v) is 6.39. The first-order chi connectivity index (χ1) is 8.01. The second-order valence-corrected chi connectivity index (χ2v) is 5.50. The summed E-state index contributed by atoms with van der Waals surface area (Å²) in [5.74, 6) is 0. The van der Waals surface area contributed by atoms with Crippen LogP contribution in [-0.4, -0.2) is 42.0 Å². The van der Waals surface area contributed by atoms with Gasteiger partial charge < -0.3 is 9.47 Å². The fourth-order valence-corrected chi connectivity index (χ4v) is 3.23. The third-order valence-corrected chi connectivity index (χ3v) is 4.47. The van der Waals surface area contributed by atoms with E-state index in [-0.39, 0.29) is 11.3 Å². The van der Waals surface area contributed by atoms with E-state index >= 15 is 0 Å². The average Bonchev–Trinajstić information content (AvgIpc) is 2.33. The first-order valence-electron chi connectivity index (χ1n) is 5.14. The number of nitrogens with one attached hydrogen (secondary N) is 1. The standard InChI is InChI=1S/C10H16N2O4S/c1-7-5-6-8(2)17(11-9(13)15-3)12(7)10(14)16-4/h5-8H,1-4H3/p+1/t7-,8+,17?/m0/s1. The molecular formula is C10H17N2O4S+. The fourth-order valence-electron chi connectivity index (χ4n) is 1.43. The summed E-state index contributed by atoms with van der Waals surface area (Å²) in [6.07, 6.45) is 2.85. The second kappa shape index (κ2) is 5.81. The summed E-state index contributed by atoms with van der Waals surface area (Å²) in [5, 5.41) is 0.0180. The number of hydrogen-bond donors (Lipinski definition) is 1. The smallest absolute Gasteiger partial charge is 0.450 e. The lowest BCUT2D eigenvalue weighted by Gasteiger charge is -2.28. The minimum Gasteiger partial charge on any atom is -0.450 e. The summed E-state index contributed by atoms with van der Waals surface area (Å²) in [5.41, 5.74) is 0. The quantitative estimate of drug-likeness (QED) is 0.569. The van der Waals surface area contributed by atoms with Crippen molar-refractivity contribution in [2.45, 2.75) is 25.1 Å². The van der Waals surface area contributed by atoms with Crippen molar-refractivity contribution in [1.82, 2.24) is 9.03 Å². The fraction of sp³-hybridized carbons (Fsp3) is 0.600. The summed E-state index contributed by atoms with van der Waals surface area (Å²) in [6.45, 7) is 3.77. The van der Waals surface area contributed by atoms with Crippen LogP contribution in [0.2, 0.25) is 0 Å². The van der Waals surface area contributed by atoms with E-state index in [1.165, 1.54) is 18.5 Å². The Hall–Kier alpha value is -1.37.